The standard InChI is InChI=1S/C7H8O.CH2O/c8-6-7-4-2-1-3-5-7;1-2/h1-5,8H,6H2;1H2. The summed E-state index contributed by atoms with van der Waals surface area (Å²) in [6, 6.07) is 9.52. The van der Waals surface area contributed by atoms with Gasteiger partial charge in [-0.15, -0.1) is 0 Å². The van der Waals surface area contributed by atoms with Crippen molar-refractivity contribution in [2.24, 2.45) is 0 Å². The summed E-state index contributed by atoms with van der Waals surface area (Å²) in [5.41, 5.74) is 0.965. The first-order chi connectivity index (χ1) is 4.93. The number of carbonyl (C=O) groups excluding carboxylic acids is 1. The Morgan fingerprint density at radius 1 is 1.20 bits per heavy atom. The molecule has 10 heavy (non-hydrogen) atoms. The highest BCUT2D eigenvalue weighted by Gasteiger charge is 1.81. The maximum absolute atomic E-state index is 8.54. The number of aliphatic hydroxyl groups excluding tert-OH is 1. The molecule has 0 aromatic heterocycles. The summed E-state index contributed by atoms with van der Waals surface area (Å²) in [6.45, 7) is 2.14. The molecule has 0 heterocycles. The molecular formula is C8H10O2. The van der Waals surface area contributed by atoms with Crippen LogP contribution >= 0.6 is 0 Å². The Morgan fingerprint density at radius 2 is 1.70 bits per heavy atom. The topological polar surface area (TPSA) is 37.3 Å². The summed E-state index contributed by atoms with van der Waals surface area (Å²) in [5.74, 6) is 0. The zero-order valence-electron chi connectivity index (χ0n) is 5.66. The minimum absolute atomic E-state index is 0.140. The van der Waals surface area contributed by atoms with Gasteiger partial charge in [-0.05, 0) is 5.56 Å². The summed E-state index contributed by atoms with van der Waals surface area (Å²) in [5, 5.41) is 8.54. The van der Waals surface area contributed by atoms with Crippen molar-refractivity contribution in [3.05, 3.63) is 35.9 Å². The second kappa shape index (κ2) is 5.98. The van der Waals surface area contributed by atoms with E-state index in [4.69, 9.17) is 9.90 Å². The van der Waals surface area contributed by atoms with Crippen molar-refractivity contribution in [2.75, 3.05) is 0 Å². The molecule has 1 rings (SSSR count). The molecule has 0 fully saturated rings. The molecule has 0 radical (unpaired) electrons. The van der Waals surface area contributed by atoms with Gasteiger partial charge in [0.25, 0.3) is 0 Å². The number of carbonyl (C=O) groups is 1. The predicted octanol–water partition coefficient (Wildman–Crippen LogP) is 0.994. The van der Waals surface area contributed by atoms with E-state index in [0.29, 0.717) is 0 Å². The third kappa shape index (κ3) is 2.99. The van der Waals surface area contributed by atoms with E-state index in [1.807, 2.05) is 37.1 Å². The first-order valence-electron chi connectivity index (χ1n) is 2.87. The lowest BCUT2D eigenvalue weighted by Crippen LogP contribution is -1.77. The maximum atomic E-state index is 8.54. The molecule has 0 bridgehead atoms. The van der Waals surface area contributed by atoms with E-state index in [9.17, 15) is 0 Å². The highest BCUT2D eigenvalue weighted by Crippen LogP contribution is 1.95. The van der Waals surface area contributed by atoms with Crippen molar-refractivity contribution in [1.29, 1.82) is 0 Å². The molecule has 2 nitrogen and oxygen atoms in total. The molecule has 0 aliphatic rings. The highest BCUT2D eigenvalue weighted by molar-refractivity contribution is 5.12. The monoisotopic (exact) mass is 138 g/mol. The first-order valence-corrected chi connectivity index (χ1v) is 2.87. The van der Waals surface area contributed by atoms with Gasteiger partial charge in [0.05, 0.1) is 6.61 Å². The highest BCUT2D eigenvalue weighted by atomic mass is 16.3. The molecule has 0 amide bonds. The molecule has 1 aromatic rings. The van der Waals surface area contributed by atoms with Gasteiger partial charge in [-0.1, -0.05) is 30.3 Å². The Hall–Kier alpha value is -1.15. The van der Waals surface area contributed by atoms with Crippen molar-refractivity contribution in [1.82, 2.24) is 0 Å². The lowest BCUT2D eigenvalue weighted by Gasteiger charge is -1.89. The molecule has 54 valence electrons. The lowest BCUT2D eigenvalue weighted by atomic mass is 10.2. The molecule has 0 spiro atoms. The zero-order valence-corrected chi connectivity index (χ0v) is 5.66. The van der Waals surface area contributed by atoms with Crippen molar-refractivity contribution >= 4 is 6.79 Å². The van der Waals surface area contributed by atoms with Gasteiger partial charge in [-0.3, -0.25) is 0 Å². The molecule has 0 saturated carbocycles. The van der Waals surface area contributed by atoms with Gasteiger partial charge in [0, 0.05) is 0 Å². The second-order valence-corrected chi connectivity index (χ2v) is 1.64. The van der Waals surface area contributed by atoms with Crippen LogP contribution in [0, 0.1) is 0 Å². The van der Waals surface area contributed by atoms with Gasteiger partial charge < -0.3 is 9.90 Å². The molecule has 0 atom stereocenters. The molecule has 1 aromatic carbocycles. The van der Waals surface area contributed by atoms with Crippen LogP contribution in [0.25, 0.3) is 0 Å². The normalized spacial score (nSPS) is 7.70. The molecule has 0 aliphatic carbocycles. The molecule has 0 unspecified atom stereocenters. The van der Waals surface area contributed by atoms with Crippen LogP contribution in [0.2, 0.25) is 0 Å². The minimum atomic E-state index is 0.140. The fourth-order valence-corrected chi connectivity index (χ4v) is 0.583. The van der Waals surface area contributed by atoms with Gasteiger partial charge in [-0.2, -0.15) is 0 Å². The number of benzene rings is 1. The number of hydrogen-bond acceptors (Lipinski definition) is 2. The fraction of sp³-hybridized carbons (Fsp3) is 0.125. The van der Waals surface area contributed by atoms with E-state index in [2.05, 4.69) is 0 Å². The van der Waals surface area contributed by atoms with Gasteiger partial charge in [0.1, 0.15) is 6.79 Å². The molecule has 0 saturated heterocycles. The van der Waals surface area contributed by atoms with E-state index in [0.717, 1.165) is 5.56 Å². The van der Waals surface area contributed by atoms with Gasteiger partial charge in [0.15, 0.2) is 0 Å². The predicted molar refractivity (Wildman–Crippen MR) is 39.5 cm³/mol. The van der Waals surface area contributed by atoms with Crippen LogP contribution in [0.4, 0.5) is 0 Å². The Balaban J connectivity index is 0.000000371. The average Bonchev–Trinajstić information content (AvgIpc) is 2.10. The van der Waals surface area contributed by atoms with Gasteiger partial charge in [-0.25, -0.2) is 0 Å². The van der Waals surface area contributed by atoms with E-state index in [-0.39, 0.29) is 6.61 Å². The van der Waals surface area contributed by atoms with Crippen LogP contribution in [-0.2, 0) is 11.4 Å². The number of aliphatic hydroxyl groups is 1. The van der Waals surface area contributed by atoms with E-state index in [1.54, 1.807) is 0 Å². The summed E-state index contributed by atoms with van der Waals surface area (Å²) < 4.78 is 0. The van der Waals surface area contributed by atoms with Crippen molar-refractivity contribution in [3.63, 3.8) is 0 Å². The summed E-state index contributed by atoms with van der Waals surface area (Å²) in [6.07, 6.45) is 0. The van der Waals surface area contributed by atoms with E-state index < -0.39 is 0 Å². The fourth-order valence-electron chi connectivity index (χ4n) is 0.583. The zero-order chi connectivity index (χ0) is 7.82. The van der Waals surface area contributed by atoms with Gasteiger partial charge in [0.2, 0.25) is 0 Å². The second-order valence-electron chi connectivity index (χ2n) is 1.64. The Kier molecular flexibility index (Phi) is 5.29. The van der Waals surface area contributed by atoms with Crippen LogP contribution in [0.1, 0.15) is 5.56 Å². The summed E-state index contributed by atoms with van der Waals surface area (Å²) >= 11 is 0. The maximum Gasteiger partial charge on any atom is 0.106 e. The Labute approximate surface area is 60.1 Å². The first kappa shape index (κ1) is 8.85. The van der Waals surface area contributed by atoms with Crippen molar-refractivity contribution in [3.8, 4) is 0 Å². The summed E-state index contributed by atoms with van der Waals surface area (Å²) in [7, 11) is 0. The van der Waals surface area contributed by atoms with Crippen LogP contribution < -0.4 is 0 Å². The summed E-state index contributed by atoms with van der Waals surface area (Å²) in [4.78, 5) is 8.00. The van der Waals surface area contributed by atoms with E-state index in [1.165, 1.54) is 0 Å². The molecule has 0 aliphatic heterocycles. The quantitative estimate of drug-likeness (QED) is 0.628. The SMILES string of the molecule is C=O.OCc1ccccc1. The van der Waals surface area contributed by atoms with Crippen LogP contribution in [-0.4, -0.2) is 11.9 Å². The average molecular weight is 138 g/mol. The van der Waals surface area contributed by atoms with Crippen LogP contribution in [0.5, 0.6) is 0 Å². The largest absolute Gasteiger partial charge is 0.392 e. The van der Waals surface area contributed by atoms with Crippen LogP contribution in [0.15, 0.2) is 30.3 Å². The lowest BCUT2D eigenvalue weighted by molar-refractivity contribution is -0.0979. The smallest absolute Gasteiger partial charge is 0.106 e. The molecule has 1 N–H and O–H groups in total. The van der Waals surface area contributed by atoms with Crippen molar-refractivity contribution in [2.45, 2.75) is 6.61 Å². The Bertz CT molecular complexity index is 160. The van der Waals surface area contributed by atoms with E-state index >= 15 is 0 Å². The van der Waals surface area contributed by atoms with Gasteiger partial charge >= 0.3 is 0 Å². The van der Waals surface area contributed by atoms with Crippen molar-refractivity contribution < 1.29 is 9.90 Å². The third-order valence-electron chi connectivity index (χ3n) is 1.03. The number of rotatable bonds is 1. The molecule has 2 heteroatoms. The Morgan fingerprint density at radius 3 is 2.00 bits per heavy atom. The molecular weight excluding hydrogens is 128 g/mol. The third-order valence-corrected chi connectivity index (χ3v) is 1.03. The minimum Gasteiger partial charge on any atom is -0.392 e. The van der Waals surface area contributed by atoms with Crippen LogP contribution in [0.3, 0.4) is 0 Å². The number of hydrogen-bond donors (Lipinski definition) is 1.